The smallest absolute Gasteiger partial charge is 0.179 e. The molecule has 0 aromatic carbocycles. The maximum Gasteiger partial charge on any atom is 0.179 e. The van der Waals surface area contributed by atoms with Gasteiger partial charge in [-0.05, 0) is 6.42 Å². The third-order valence-corrected chi connectivity index (χ3v) is 1.78. The highest BCUT2D eigenvalue weighted by Crippen LogP contribution is 1.99. The van der Waals surface area contributed by atoms with Crippen LogP contribution in [0.25, 0.3) is 0 Å². The van der Waals surface area contributed by atoms with Crippen molar-refractivity contribution in [3.8, 4) is 12.4 Å². The van der Waals surface area contributed by atoms with Gasteiger partial charge in [0, 0.05) is 26.2 Å². The Kier molecular flexibility index (Phi) is 2.57. The van der Waals surface area contributed by atoms with Gasteiger partial charge in [0.05, 0.1) is 0 Å². The normalized spacial score (nSPS) is 18.4. The molecule has 1 aliphatic heterocycles. The van der Waals surface area contributed by atoms with Crippen molar-refractivity contribution in [2.75, 3.05) is 26.2 Å². The molecule has 0 amide bonds. The molecule has 4 nitrogen and oxygen atoms in total. The summed E-state index contributed by atoms with van der Waals surface area (Å²) in [6, 6.07) is 0. The lowest BCUT2D eigenvalue weighted by atomic mass is 10.4. The standard InChI is InChI=1S/C7H10N4/c8-6-10-2-1-3-11(7-9)5-4-10/h1-5H2. The Labute approximate surface area is 66.2 Å². The van der Waals surface area contributed by atoms with Gasteiger partial charge in [-0.25, -0.2) is 0 Å². The molecule has 1 aliphatic rings. The number of nitrogens with zero attached hydrogens (tertiary/aromatic N) is 4. The van der Waals surface area contributed by atoms with Gasteiger partial charge in [0.1, 0.15) is 0 Å². The molecule has 0 atom stereocenters. The summed E-state index contributed by atoms with van der Waals surface area (Å²) >= 11 is 0. The van der Waals surface area contributed by atoms with E-state index in [2.05, 4.69) is 12.4 Å². The highest BCUT2D eigenvalue weighted by Gasteiger charge is 2.10. The molecule has 0 aliphatic carbocycles. The van der Waals surface area contributed by atoms with E-state index in [0.29, 0.717) is 13.1 Å². The highest BCUT2D eigenvalue weighted by atomic mass is 15.2. The highest BCUT2D eigenvalue weighted by molar-refractivity contribution is 4.83. The van der Waals surface area contributed by atoms with Crippen molar-refractivity contribution in [2.45, 2.75) is 6.42 Å². The van der Waals surface area contributed by atoms with E-state index in [1.165, 1.54) is 0 Å². The Morgan fingerprint density at radius 1 is 0.818 bits per heavy atom. The van der Waals surface area contributed by atoms with Gasteiger partial charge >= 0.3 is 0 Å². The first-order valence-corrected chi connectivity index (χ1v) is 3.66. The van der Waals surface area contributed by atoms with Crippen molar-refractivity contribution < 1.29 is 0 Å². The third kappa shape index (κ3) is 2.01. The number of rotatable bonds is 0. The summed E-state index contributed by atoms with van der Waals surface area (Å²) in [7, 11) is 0. The second-order valence-electron chi connectivity index (χ2n) is 2.53. The van der Waals surface area contributed by atoms with Gasteiger partial charge in [-0.3, -0.25) is 0 Å². The summed E-state index contributed by atoms with van der Waals surface area (Å²) in [5.41, 5.74) is 0. The van der Waals surface area contributed by atoms with E-state index < -0.39 is 0 Å². The Hall–Kier alpha value is -1.42. The molecule has 0 radical (unpaired) electrons. The lowest BCUT2D eigenvalue weighted by Gasteiger charge is -2.11. The monoisotopic (exact) mass is 150 g/mol. The minimum absolute atomic E-state index is 0.685. The molecule has 0 bridgehead atoms. The average Bonchev–Trinajstić information content (AvgIpc) is 2.28. The van der Waals surface area contributed by atoms with Crippen LogP contribution in [0.5, 0.6) is 0 Å². The number of nitriles is 2. The van der Waals surface area contributed by atoms with Crippen LogP contribution in [0.15, 0.2) is 0 Å². The van der Waals surface area contributed by atoms with Gasteiger partial charge in [0.25, 0.3) is 0 Å². The van der Waals surface area contributed by atoms with E-state index in [9.17, 15) is 0 Å². The third-order valence-electron chi connectivity index (χ3n) is 1.78. The van der Waals surface area contributed by atoms with Crippen molar-refractivity contribution in [1.82, 2.24) is 9.80 Å². The van der Waals surface area contributed by atoms with Crippen LogP contribution in [0.1, 0.15) is 6.42 Å². The van der Waals surface area contributed by atoms with Crippen LogP contribution in [-0.4, -0.2) is 36.0 Å². The Bertz CT molecular complexity index is 177. The Morgan fingerprint density at radius 3 is 1.64 bits per heavy atom. The molecule has 1 rings (SSSR count). The summed E-state index contributed by atoms with van der Waals surface area (Å²) in [4.78, 5) is 3.38. The second-order valence-corrected chi connectivity index (χ2v) is 2.53. The Morgan fingerprint density at radius 2 is 1.27 bits per heavy atom. The van der Waals surface area contributed by atoms with E-state index >= 15 is 0 Å². The van der Waals surface area contributed by atoms with Gasteiger partial charge < -0.3 is 9.80 Å². The zero-order valence-electron chi connectivity index (χ0n) is 6.32. The molecule has 0 aromatic heterocycles. The maximum absolute atomic E-state index is 8.55. The number of hydrogen-bond donors (Lipinski definition) is 0. The molecule has 1 heterocycles. The predicted molar refractivity (Wildman–Crippen MR) is 39.0 cm³/mol. The van der Waals surface area contributed by atoms with Crippen LogP contribution >= 0.6 is 0 Å². The second kappa shape index (κ2) is 3.68. The summed E-state index contributed by atoms with van der Waals surface area (Å²) in [5, 5.41) is 17.1. The van der Waals surface area contributed by atoms with Gasteiger partial charge in [-0.15, -0.1) is 0 Å². The molecule has 58 valence electrons. The zero-order valence-corrected chi connectivity index (χ0v) is 6.32. The van der Waals surface area contributed by atoms with E-state index in [-0.39, 0.29) is 0 Å². The van der Waals surface area contributed by atoms with Crippen LogP contribution in [-0.2, 0) is 0 Å². The lowest BCUT2D eigenvalue weighted by Crippen LogP contribution is -2.24. The van der Waals surface area contributed by atoms with Crippen LogP contribution in [0, 0.1) is 22.9 Å². The number of hydrogen-bond acceptors (Lipinski definition) is 4. The minimum Gasteiger partial charge on any atom is -0.309 e. The summed E-state index contributed by atoms with van der Waals surface area (Å²) in [6.07, 6.45) is 5.08. The molecule has 0 spiro atoms. The quantitative estimate of drug-likeness (QED) is 0.454. The fraction of sp³-hybridized carbons (Fsp3) is 0.714. The first-order chi connectivity index (χ1) is 5.36. The Balaban J connectivity index is 2.42. The van der Waals surface area contributed by atoms with Crippen molar-refractivity contribution in [2.24, 2.45) is 0 Å². The fourth-order valence-electron chi connectivity index (χ4n) is 1.12. The van der Waals surface area contributed by atoms with Crippen molar-refractivity contribution in [3.63, 3.8) is 0 Å². The van der Waals surface area contributed by atoms with E-state index in [1.54, 1.807) is 9.80 Å². The average molecular weight is 150 g/mol. The fourth-order valence-corrected chi connectivity index (χ4v) is 1.12. The predicted octanol–water partition coefficient (Wildman–Crippen LogP) is -0.0437. The lowest BCUT2D eigenvalue weighted by molar-refractivity contribution is 0.382. The van der Waals surface area contributed by atoms with Gasteiger partial charge in [0.15, 0.2) is 12.4 Å². The molecule has 0 N–H and O–H groups in total. The summed E-state index contributed by atoms with van der Waals surface area (Å²) < 4.78 is 0. The topological polar surface area (TPSA) is 54.1 Å². The van der Waals surface area contributed by atoms with Crippen molar-refractivity contribution in [1.29, 1.82) is 10.5 Å². The molecular weight excluding hydrogens is 140 g/mol. The van der Waals surface area contributed by atoms with Gasteiger partial charge in [0.2, 0.25) is 0 Å². The van der Waals surface area contributed by atoms with Crippen LogP contribution in [0.2, 0.25) is 0 Å². The molecule has 0 saturated carbocycles. The first-order valence-electron chi connectivity index (χ1n) is 3.66. The van der Waals surface area contributed by atoms with Crippen LogP contribution < -0.4 is 0 Å². The van der Waals surface area contributed by atoms with Gasteiger partial charge in [-0.1, -0.05) is 0 Å². The zero-order chi connectivity index (χ0) is 8.10. The van der Waals surface area contributed by atoms with Crippen molar-refractivity contribution in [3.05, 3.63) is 0 Å². The van der Waals surface area contributed by atoms with Crippen molar-refractivity contribution >= 4 is 0 Å². The van der Waals surface area contributed by atoms with Gasteiger partial charge in [-0.2, -0.15) is 10.5 Å². The van der Waals surface area contributed by atoms with E-state index in [0.717, 1.165) is 19.5 Å². The largest absolute Gasteiger partial charge is 0.309 e. The minimum atomic E-state index is 0.685. The summed E-state index contributed by atoms with van der Waals surface area (Å²) in [5.74, 6) is 0. The maximum atomic E-state index is 8.55. The summed E-state index contributed by atoms with van der Waals surface area (Å²) in [6.45, 7) is 2.94. The SMILES string of the molecule is N#CN1CCCN(C#N)CC1. The molecule has 4 heteroatoms. The van der Waals surface area contributed by atoms with E-state index in [1.807, 2.05) is 0 Å². The molecule has 1 fully saturated rings. The molecule has 11 heavy (non-hydrogen) atoms. The molecule has 0 aromatic rings. The van der Waals surface area contributed by atoms with E-state index in [4.69, 9.17) is 10.5 Å². The molecule has 0 unspecified atom stereocenters. The first kappa shape index (κ1) is 7.68. The van der Waals surface area contributed by atoms with Crippen LogP contribution in [0.3, 0.4) is 0 Å². The van der Waals surface area contributed by atoms with Crippen LogP contribution in [0.4, 0.5) is 0 Å². The molecule has 1 saturated heterocycles. The molecular formula is C7H10N4.